The number of halogens is 2. The Balaban J connectivity index is 2.57. The third-order valence-electron chi connectivity index (χ3n) is 3.06. The quantitative estimate of drug-likeness (QED) is 0.883. The van der Waals surface area contributed by atoms with Crippen molar-refractivity contribution in [2.75, 3.05) is 0 Å². The van der Waals surface area contributed by atoms with E-state index >= 15 is 0 Å². The zero-order valence-corrected chi connectivity index (χ0v) is 11.8. The molecule has 0 aromatic heterocycles. The summed E-state index contributed by atoms with van der Waals surface area (Å²) in [5.41, 5.74) is 0.630. The van der Waals surface area contributed by atoms with E-state index in [4.69, 9.17) is 0 Å². The van der Waals surface area contributed by atoms with Crippen molar-refractivity contribution in [3.63, 3.8) is 0 Å². The van der Waals surface area contributed by atoms with Crippen LogP contribution in [0.15, 0.2) is 46.9 Å². The molecule has 0 radical (unpaired) electrons. The minimum atomic E-state index is -1.35. The van der Waals surface area contributed by atoms with Gasteiger partial charge in [0.2, 0.25) is 0 Å². The van der Waals surface area contributed by atoms with Gasteiger partial charge in [0.1, 0.15) is 11.4 Å². The van der Waals surface area contributed by atoms with Gasteiger partial charge in [0.25, 0.3) is 0 Å². The van der Waals surface area contributed by atoms with Crippen molar-refractivity contribution in [3.05, 3.63) is 69.4 Å². The highest BCUT2D eigenvalue weighted by atomic mass is 79.9. The number of aryl methyl sites for hydroxylation is 1. The van der Waals surface area contributed by atoms with Gasteiger partial charge < -0.3 is 5.11 Å². The van der Waals surface area contributed by atoms with Crippen molar-refractivity contribution in [1.82, 2.24) is 0 Å². The van der Waals surface area contributed by atoms with Crippen molar-refractivity contribution in [2.45, 2.75) is 19.4 Å². The minimum absolute atomic E-state index is 0.266. The van der Waals surface area contributed by atoms with Crippen molar-refractivity contribution in [2.24, 2.45) is 0 Å². The fourth-order valence-electron chi connectivity index (χ4n) is 1.98. The summed E-state index contributed by atoms with van der Waals surface area (Å²) < 4.78 is 14.4. The SMILES string of the molecule is Cc1cccc(C(C)(O)c2cccc(Br)c2F)c1. The Labute approximate surface area is 114 Å². The first-order valence-corrected chi connectivity index (χ1v) is 6.46. The zero-order chi connectivity index (χ0) is 13.3. The summed E-state index contributed by atoms with van der Waals surface area (Å²) >= 11 is 3.14. The fourth-order valence-corrected chi connectivity index (χ4v) is 2.35. The van der Waals surface area contributed by atoms with E-state index in [1.54, 1.807) is 31.2 Å². The molecule has 0 spiro atoms. The Morgan fingerprint density at radius 3 is 2.50 bits per heavy atom. The van der Waals surface area contributed by atoms with Gasteiger partial charge >= 0.3 is 0 Å². The number of rotatable bonds is 2. The molecule has 3 heteroatoms. The van der Waals surface area contributed by atoms with Gasteiger partial charge in [-0.05, 0) is 41.4 Å². The number of aliphatic hydroxyl groups is 1. The molecule has 0 amide bonds. The smallest absolute Gasteiger partial charge is 0.143 e. The molecule has 0 bridgehead atoms. The highest BCUT2D eigenvalue weighted by molar-refractivity contribution is 9.10. The third-order valence-corrected chi connectivity index (χ3v) is 3.67. The summed E-state index contributed by atoms with van der Waals surface area (Å²) in [4.78, 5) is 0. The van der Waals surface area contributed by atoms with E-state index in [0.717, 1.165) is 5.56 Å². The molecule has 1 unspecified atom stereocenters. The Kier molecular flexibility index (Phi) is 3.55. The molecule has 2 aromatic rings. The summed E-state index contributed by atoms with van der Waals surface area (Å²) in [7, 11) is 0. The first-order valence-electron chi connectivity index (χ1n) is 5.67. The standard InChI is InChI=1S/C15H14BrFO/c1-10-5-3-6-11(9-10)15(2,18)12-7-4-8-13(16)14(12)17/h3-9,18H,1-2H3. The maximum absolute atomic E-state index is 14.1. The largest absolute Gasteiger partial charge is 0.381 e. The van der Waals surface area contributed by atoms with Crippen LogP contribution in [0.4, 0.5) is 4.39 Å². The molecule has 1 atom stereocenters. The van der Waals surface area contributed by atoms with Crippen LogP contribution in [0.25, 0.3) is 0 Å². The van der Waals surface area contributed by atoms with E-state index in [9.17, 15) is 9.50 Å². The molecule has 1 nitrogen and oxygen atoms in total. The molecule has 1 N–H and O–H groups in total. The molecule has 18 heavy (non-hydrogen) atoms. The monoisotopic (exact) mass is 308 g/mol. The number of hydrogen-bond donors (Lipinski definition) is 1. The van der Waals surface area contributed by atoms with Gasteiger partial charge in [-0.15, -0.1) is 0 Å². The third kappa shape index (κ3) is 2.33. The molecule has 0 saturated carbocycles. The molecule has 0 heterocycles. The van der Waals surface area contributed by atoms with Gasteiger partial charge in [0, 0.05) is 5.56 Å². The Hall–Kier alpha value is -1.19. The summed E-state index contributed by atoms with van der Waals surface area (Å²) in [6.45, 7) is 3.55. The molecule has 0 aliphatic carbocycles. The van der Waals surface area contributed by atoms with Crippen molar-refractivity contribution in [1.29, 1.82) is 0 Å². The van der Waals surface area contributed by atoms with Gasteiger partial charge in [0.15, 0.2) is 0 Å². The van der Waals surface area contributed by atoms with Crippen LogP contribution in [0.2, 0.25) is 0 Å². The second-order valence-corrected chi connectivity index (χ2v) is 5.40. The maximum atomic E-state index is 14.1. The van der Waals surface area contributed by atoms with Crippen LogP contribution in [0.3, 0.4) is 0 Å². The number of hydrogen-bond acceptors (Lipinski definition) is 1. The van der Waals surface area contributed by atoms with Crippen molar-refractivity contribution < 1.29 is 9.50 Å². The minimum Gasteiger partial charge on any atom is -0.381 e. The molecule has 94 valence electrons. The molecule has 2 rings (SSSR count). The van der Waals surface area contributed by atoms with Crippen LogP contribution in [-0.2, 0) is 5.60 Å². The average Bonchev–Trinajstić information content (AvgIpc) is 2.32. The average molecular weight is 309 g/mol. The topological polar surface area (TPSA) is 20.2 Å². The fraction of sp³-hybridized carbons (Fsp3) is 0.200. The highest BCUT2D eigenvalue weighted by Crippen LogP contribution is 2.33. The summed E-state index contributed by atoms with van der Waals surface area (Å²) in [5, 5.41) is 10.6. The van der Waals surface area contributed by atoms with E-state index in [1.807, 2.05) is 25.1 Å². The van der Waals surface area contributed by atoms with Gasteiger partial charge in [-0.25, -0.2) is 4.39 Å². The first-order chi connectivity index (χ1) is 8.43. The van der Waals surface area contributed by atoms with Gasteiger partial charge in [-0.1, -0.05) is 42.0 Å². The molecular weight excluding hydrogens is 295 g/mol. The molecule has 2 aromatic carbocycles. The lowest BCUT2D eigenvalue weighted by Gasteiger charge is -2.25. The maximum Gasteiger partial charge on any atom is 0.143 e. The van der Waals surface area contributed by atoms with Crippen LogP contribution in [-0.4, -0.2) is 5.11 Å². The first kappa shape index (κ1) is 13.2. The normalized spacial score (nSPS) is 14.3. The molecule has 0 aliphatic rings. The van der Waals surface area contributed by atoms with Crippen molar-refractivity contribution in [3.8, 4) is 0 Å². The van der Waals surface area contributed by atoms with Crippen LogP contribution < -0.4 is 0 Å². The second-order valence-electron chi connectivity index (χ2n) is 4.54. The Morgan fingerprint density at radius 1 is 1.17 bits per heavy atom. The lowest BCUT2D eigenvalue weighted by molar-refractivity contribution is 0.0977. The van der Waals surface area contributed by atoms with E-state index in [2.05, 4.69) is 15.9 Å². The lowest BCUT2D eigenvalue weighted by Crippen LogP contribution is -2.24. The summed E-state index contributed by atoms with van der Waals surface area (Å²) in [5.74, 6) is -0.427. The summed E-state index contributed by atoms with van der Waals surface area (Å²) in [6, 6.07) is 12.4. The van der Waals surface area contributed by atoms with Crippen LogP contribution in [0.1, 0.15) is 23.6 Å². The summed E-state index contributed by atoms with van der Waals surface area (Å²) in [6.07, 6.45) is 0. The number of benzene rings is 2. The molecular formula is C15H14BrFO. The molecule has 0 saturated heterocycles. The van der Waals surface area contributed by atoms with Crippen LogP contribution in [0.5, 0.6) is 0 Å². The predicted octanol–water partition coefficient (Wildman–Crippen LogP) is 4.15. The van der Waals surface area contributed by atoms with E-state index < -0.39 is 11.4 Å². The van der Waals surface area contributed by atoms with E-state index in [0.29, 0.717) is 10.0 Å². The Morgan fingerprint density at radius 2 is 1.83 bits per heavy atom. The molecule has 0 aliphatic heterocycles. The van der Waals surface area contributed by atoms with Gasteiger partial charge in [-0.2, -0.15) is 0 Å². The second kappa shape index (κ2) is 4.82. The van der Waals surface area contributed by atoms with Gasteiger partial charge in [-0.3, -0.25) is 0 Å². The Bertz CT molecular complexity index is 578. The van der Waals surface area contributed by atoms with E-state index in [-0.39, 0.29) is 5.56 Å². The lowest BCUT2D eigenvalue weighted by atomic mass is 9.87. The van der Waals surface area contributed by atoms with Gasteiger partial charge in [0.05, 0.1) is 4.47 Å². The van der Waals surface area contributed by atoms with E-state index in [1.165, 1.54) is 0 Å². The van der Waals surface area contributed by atoms with Crippen LogP contribution in [0, 0.1) is 12.7 Å². The highest BCUT2D eigenvalue weighted by Gasteiger charge is 2.29. The van der Waals surface area contributed by atoms with Crippen LogP contribution >= 0.6 is 15.9 Å². The molecule has 0 fully saturated rings. The zero-order valence-electron chi connectivity index (χ0n) is 10.2. The van der Waals surface area contributed by atoms with Crippen molar-refractivity contribution >= 4 is 15.9 Å². The predicted molar refractivity (Wildman–Crippen MR) is 74.0 cm³/mol.